The molecule has 9 heteroatoms. The van der Waals surface area contributed by atoms with Crippen LogP contribution in [0.2, 0.25) is 0 Å². The van der Waals surface area contributed by atoms with Crippen LogP contribution >= 0.6 is 0 Å². The van der Waals surface area contributed by atoms with Crippen molar-refractivity contribution in [2.24, 2.45) is 7.05 Å². The van der Waals surface area contributed by atoms with E-state index < -0.39 is 10.1 Å². The Morgan fingerprint density at radius 2 is 1.68 bits per heavy atom. The van der Waals surface area contributed by atoms with Gasteiger partial charge >= 0.3 is 0 Å². The van der Waals surface area contributed by atoms with Crippen molar-refractivity contribution in [3.05, 3.63) is 72.2 Å². The van der Waals surface area contributed by atoms with Gasteiger partial charge in [-0.2, -0.15) is 13.5 Å². The van der Waals surface area contributed by atoms with E-state index in [-0.39, 0.29) is 12.5 Å². The Hall–Kier alpha value is -3.43. The van der Waals surface area contributed by atoms with Crippen LogP contribution < -0.4 is 9.47 Å². The second kappa shape index (κ2) is 9.82. The number of aromatic nitrogens is 3. The Morgan fingerprint density at radius 3 is 2.29 bits per heavy atom. The van der Waals surface area contributed by atoms with E-state index in [9.17, 15) is 8.42 Å². The Balaban J connectivity index is 1.77. The van der Waals surface area contributed by atoms with Crippen LogP contribution in [0.15, 0.2) is 61.1 Å². The Labute approximate surface area is 199 Å². The highest BCUT2D eigenvalue weighted by Gasteiger charge is 2.19. The summed E-state index contributed by atoms with van der Waals surface area (Å²) in [6.07, 6.45) is 7.09. The van der Waals surface area contributed by atoms with Crippen molar-refractivity contribution in [3.8, 4) is 22.6 Å². The van der Waals surface area contributed by atoms with E-state index in [4.69, 9.17) is 13.7 Å². The molecule has 0 amide bonds. The molecule has 4 rings (SSSR count). The van der Waals surface area contributed by atoms with Crippen molar-refractivity contribution < 1.29 is 22.1 Å². The van der Waals surface area contributed by atoms with Crippen LogP contribution in [0.1, 0.15) is 23.5 Å². The zero-order valence-corrected chi connectivity index (χ0v) is 20.4. The Bertz CT molecular complexity index is 1390. The molecule has 8 nitrogen and oxygen atoms in total. The average molecular weight is 482 g/mol. The van der Waals surface area contributed by atoms with Crippen LogP contribution in [-0.4, -0.2) is 50.3 Å². The Kier molecular flexibility index (Phi) is 6.85. The summed E-state index contributed by atoms with van der Waals surface area (Å²) in [5.74, 6) is 1.16. The van der Waals surface area contributed by atoms with Crippen molar-refractivity contribution in [1.29, 1.82) is 0 Å². The van der Waals surface area contributed by atoms with Gasteiger partial charge in [0.1, 0.15) is 11.5 Å². The van der Waals surface area contributed by atoms with Crippen LogP contribution in [-0.2, 0) is 21.3 Å². The van der Waals surface area contributed by atoms with Crippen LogP contribution in [0.5, 0.6) is 11.5 Å². The molecular weight excluding hydrogens is 454 g/mol. The summed E-state index contributed by atoms with van der Waals surface area (Å²) < 4.78 is 40.8. The van der Waals surface area contributed by atoms with Gasteiger partial charge in [-0.1, -0.05) is 6.07 Å². The summed E-state index contributed by atoms with van der Waals surface area (Å²) in [7, 11) is 1.53. The predicted octanol–water partition coefficient (Wildman–Crippen LogP) is 4.15. The van der Waals surface area contributed by atoms with E-state index in [0.29, 0.717) is 17.9 Å². The Morgan fingerprint density at radius 1 is 0.941 bits per heavy atom. The molecule has 1 atom stereocenters. The van der Waals surface area contributed by atoms with E-state index >= 15 is 0 Å². The third-order valence-electron chi connectivity index (χ3n) is 5.63. The zero-order chi connectivity index (χ0) is 24.3. The summed E-state index contributed by atoms with van der Waals surface area (Å²) in [4.78, 5) is 4.61. The molecule has 2 aromatic heterocycles. The van der Waals surface area contributed by atoms with Crippen molar-refractivity contribution in [2.45, 2.75) is 12.3 Å². The van der Waals surface area contributed by atoms with Gasteiger partial charge < -0.3 is 9.47 Å². The molecule has 0 aliphatic heterocycles. The second-order valence-electron chi connectivity index (χ2n) is 8.09. The quantitative estimate of drug-likeness (QED) is 0.332. The molecule has 34 heavy (non-hydrogen) atoms. The lowest BCUT2D eigenvalue weighted by Gasteiger charge is -2.20. The molecule has 0 aliphatic rings. The molecule has 1 unspecified atom stereocenters. The van der Waals surface area contributed by atoms with Gasteiger partial charge in [-0.25, -0.2) is 0 Å². The first-order chi connectivity index (χ1) is 16.3. The SMILES string of the molecule is COc1cc(OC)cc(C(CCOS(C)(=O)=O)c2ccc3ncc(-c4cnn(C)c4)cc3c2)c1. The van der Waals surface area contributed by atoms with E-state index in [2.05, 4.69) is 22.2 Å². The number of hydrogen-bond donors (Lipinski definition) is 0. The number of benzene rings is 2. The third-order valence-corrected chi connectivity index (χ3v) is 6.22. The van der Waals surface area contributed by atoms with Crippen LogP contribution in [0.4, 0.5) is 0 Å². The fraction of sp³-hybridized carbons (Fsp3) is 0.280. The molecule has 0 saturated carbocycles. The number of hydrogen-bond acceptors (Lipinski definition) is 7. The molecule has 2 heterocycles. The molecule has 2 aromatic carbocycles. The minimum Gasteiger partial charge on any atom is -0.497 e. The molecule has 178 valence electrons. The number of nitrogens with zero attached hydrogens (tertiary/aromatic N) is 3. The minimum atomic E-state index is -3.55. The summed E-state index contributed by atoms with van der Waals surface area (Å²) in [6, 6.07) is 13.8. The third kappa shape index (κ3) is 5.55. The van der Waals surface area contributed by atoms with Gasteiger partial charge in [0.05, 0.1) is 38.8 Å². The maximum absolute atomic E-state index is 11.6. The number of fused-ring (bicyclic) bond motifs is 1. The topological polar surface area (TPSA) is 92.5 Å². The number of rotatable bonds is 9. The number of methoxy groups -OCH3 is 2. The maximum atomic E-state index is 11.6. The average Bonchev–Trinajstić information content (AvgIpc) is 3.26. The monoisotopic (exact) mass is 481 g/mol. The van der Waals surface area contributed by atoms with Crippen molar-refractivity contribution in [2.75, 3.05) is 27.1 Å². The van der Waals surface area contributed by atoms with Gasteiger partial charge in [0.25, 0.3) is 10.1 Å². The largest absolute Gasteiger partial charge is 0.497 e. The van der Waals surface area contributed by atoms with Gasteiger partial charge in [0.2, 0.25) is 0 Å². The summed E-state index contributed by atoms with van der Waals surface area (Å²) >= 11 is 0. The highest BCUT2D eigenvalue weighted by molar-refractivity contribution is 7.85. The first kappa shape index (κ1) is 23.7. The van der Waals surface area contributed by atoms with Crippen molar-refractivity contribution >= 4 is 21.0 Å². The van der Waals surface area contributed by atoms with E-state index in [1.165, 1.54) is 0 Å². The molecule has 4 aromatic rings. The van der Waals surface area contributed by atoms with E-state index in [1.54, 1.807) is 31.2 Å². The van der Waals surface area contributed by atoms with Crippen LogP contribution in [0.3, 0.4) is 0 Å². The lowest BCUT2D eigenvalue weighted by Crippen LogP contribution is -2.10. The minimum absolute atomic E-state index is 0.0506. The van der Waals surface area contributed by atoms with Crippen molar-refractivity contribution in [3.63, 3.8) is 0 Å². The van der Waals surface area contributed by atoms with E-state index in [0.717, 1.165) is 39.4 Å². The molecule has 0 radical (unpaired) electrons. The molecule has 0 saturated heterocycles. The molecule has 0 fully saturated rings. The smallest absolute Gasteiger partial charge is 0.264 e. The van der Waals surface area contributed by atoms with Gasteiger partial charge in [0.15, 0.2) is 0 Å². The molecular formula is C25H27N3O5S. The second-order valence-corrected chi connectivity index (χ2v) is 9.74. The zero-order valence-electron chi connectivity index (χ0n) is 19.6. The fourth-order valence-electron chi connectivity index (χ4n) is 3.97. The van der Waals surface area contributed by atoms with Crippen LogP contribution in [0.25, 0.3) is 22.0 Å². The van der Waals surface area contributed by atoms with Gasteiger partial charge in [-0.05, 0) is 47.9 Å². The molecule has 0 N–H and O–H groups in total. The highest BCUT2D eigenvalue weighted by Crippen LogP contribution is 2.35. The van der Waals surface area contributed by atoms with Crippen molar-refractivity contribution in [1.82, 2.24) is 14.8 Å². The van der Waals surface area contributed by atoms with Gasteiger partial charge in [0, 0.05) is 47.9 Å². The fourth-order valence-corrected chi connectivity index (χ4v) is 4.37. The molecule has 0 spiro atoms. The predicted molar refractivity (Wildman–Crippen MR) is 131 cm³/mol. The summed E-state index contributed by atoms with van der Waals surface area (Å²) in [5, 5.41) is 5.22. The number of ether oxygens (including phenoxy) is 2. The normalized spacial score (nSPS) is 12.6. The van der Waals surface area contributed by atoms with Gasteiger partial charge in [-0.15, -0.1) is 0 Å². The lowest BCUT2D eigenvalue weighted by atomic mass is 9.87. The lowest BCUT2D eigenvalue weighted by molar-refractivity contribution is 0.308. The van der Waals surface area contributed by atoms with Gasteiger partial charge in [-0.3, -0.25) is 13.8 Å². The summed E-state index contributed by atoms with van der Waals surface area (Å²) in [6.45, 7) is 0.0506. The number of pyridine rings is 1. The molecule has 0 bridgehead atoms. The standard InChI is InChI=1S/C25H27N3O5S/c1-28-16-21(15-27-28)20-10-19-9-17(5-6-25(19)26-14-20)24(7-8-33-34(4,29)30)18-11-22(31-2)13-23(12-18)32-3/h5-6,9-16,24H,7-8H2,1-4H3. The summed E-state index contributed by atoms with van der Waals surface area (Å²) in [5.41, 5.74) is 4.76. The van der Waals surface area contributed by atoms with Crippen LogP contribution in [0, 0.1) is 0 Å². The highest BCUT2D eigenvalue weighted by atomic mass is 32.2. The first-order valence-electron chi connectivity index (χ1n) is 10.7. The van der Waals surface area contributed by atoms with E-state index in [1.807, 2.05) is 43.7 Å². The molecule has 0 aliphatic carbocycles. The number of aryl methyl sites for hydroxylation is 1. The maximum Gasteiger partial charge on any atom is 0.264 e. The first-order valence-corrected chi connectivity index (χ1v) is 12.5.